The van der Waals surface area contributed by atoms with Crippen molar-refractivity contribution in [2.24, 2.45) is 15.9 Å². The summed E-state index contributed by atoms with van der Waals surface area (Å²) < 4.78 is 5.98. The van der Waals surface area contributed by atoms with E-state index in [0.717, 1.165) is 5.56 Å². The van der Waals surface area contributed by atoms with Crippen molar-refractivity contribution in [2.75, 3.05) is 0 Å². The van der Waals surface area contributed by atoms with Crippen molar-refractivity contribution < 1.29 is 4.74 Å². The monoisotopic (exact) mass is 336 g/mol. The Morgan fingerprint density at radius 1 is 1.23 bits per heavy atom. The summed E-state index contributed by atoms with van der Waals surface area (Å²) in [6, 6.07) is 8.39. The first-order valence-electron chi connectivity index (χ1n) is 7.38. The molecule has 2 aliphatic heterocycles. The average molecular weight is 337 g/mol. The number of nitrogens with zero attached hydrogens (tertiary/aromatic N) is 2. The summed E-state index contributed by atoms with van der Waals surface area (Å²) >= 11 is 12.5. The number of rotatable bonds is 2. The van der Waals surface area contributed by atoms with Crippen LogP contribution in [0.5, 0.6) is 0 Å². The predicted molar refractivity (Wildman–Crippen MR) is 92.1 cm³/mol. The second-order valence-electron chi connectivity index (χ2n) is 5.76. The van der Waals surface area contributed by atoms with Gasteiger partial charge in [-0.25, -0.2) is 4.99 Å². The standard InChI is InChI=1S/C17H18Cl2N2O/c1-10-3-5-12(6-4-10)16-11(2)22-17(21-16)14-7-13(18)8-20-9-15(14)19/h3-6,8-9,11,13-14,16H,7H2,1-2H3/t11-,13?,14?,16?/m1/s1. The van der Waals surface area contributed by atoms with Gasteiger partial charge in [0.05, 0.1) is 11.3 Å². The Morgan fingerprint density at radius 2 is 1.95 bits per heavy atom. The van der Waals surface area contributed by atoms with Crippen LogP contribution < -0.4 is 0 Å². The van der Waals surface area contributed by atoms with Gasteiger partial charge in [-0.1, -0.05) is 41.4 Å². The van der Waals surface area contributed by atoms with E-state index in [1.807, 2.05) is 6.92 Å². The molecule has 3 rings (SSSR count). The van der Waals surface area contributed by atoms with Crippen LogP contribution in [-0.4, -0.2) is 23.6 Å². The third kappa shape index (κ3) is 3.21. The molecule has 0 N–H and O–H groups in total. The van der Waals surface area contributed by atoms with Crippen molar-refractivity contribution >= 4 is 35.3 Å². The first-order valence-corrected chi connectivity index (χ1v) is 8.20. The first-order chi connectivity index (χ1) is 10.5. The Kier molecular flexibility index (Phi) is 4.55. The molecular weight excluding hydrogens is 319 g/mol. The number of benzene rings is 1. The number of aliphatic imine (C=N–C) groups is 2. The maximum absolute atomic E-state index is 6.32. The van der Waals surface area contributed by atoms with Crippen LogP contribution in [0.15, 0.2) is 45.5 Å². The van der Waals surface area contributed by atoms with Crippen LogP contribution >= 0.6 is 23.2 Å². The molecule has 0 spiro atoms. The van der Waals surface area contributed by atoms with Gasteiger partial charge in [0.2, 0.25) is 0 Å². The average Bonchev–Trinajstić information content (AvgIpc) is 2.78. The van der Waals surface area contributed by atoms with Crippen molar-refractivity contribution in [2.45, 2.75) is 37.8 Å². The normalized spacial score (nSPS) is 31.3. The fraction of sp³-hybridized carbons (Fsp3) is 0.412. The lowest BCUT2D eigenvalue weighted by Gasteiger charge is -2.17. The Bertz CT molecular complexity index is 637. The summed E-state index contributed by atoms with van der Waals surface area (Å²) in [4.78, 5) is 8.87. The molecular formula is C17H18Cl2N2O. The van der Waals surface area contributed by atoms with E-state index in [9.17, 15) is 0 Å². The summed E-state index contributed by atoms with van der Waals surface area (Å²) in [5, 5.41) is 0.451. The third-order valence-corrected chi connectivity index (χ3v) is 4.63. The number of hydrogen-bond acceptors (Lipinski definition) is 3. The van der Waals surface area contributed by atoms with Gasteiger partial charge < -0.3 is 4.74 Å². The van der Waals surface area contributed by atoms with Gasteiger partial charge in [-0.15, -0.1) is 11.6 Å². The minimum atomic E-state index is -0.169. The van der Waals surface area contributed by atoms with Gasteiger partial charge in [0.25, 0.3) is 0 Å². The van der Waals surface area contributed by atoms with Gasteiger partial charge in [0, 0.05) is 17.4 Å². The highest BCUT2D eigenvalue weighted by molar-refractivity contribution is 6.32. The Morgan fingerprint density at radius 3 is 2.68 bits per heavy atom. The van der Waals surface area contributed by atoms with Gasteiger partial charge in [0.15, 0.2) is 5.90 Å². The Balaban J connectivity index is 1.86. The molecule has 0 saturated carbocycles. The lowest BCUT2D eigenvalue weighted by Crippen LogP contribution is -2.21. The van der Waals surface area contributed by atoms with Crippen LogP contribution in [0.2, 0.25) is 0 Å². The number of alkyl halides is 1. The SMILES string of the molecule is Cc1ccc(C2N=C(C3CC(Cl)C=NC=C3Cl)O[C@@H]2C)cc1. The van der Waals surface area contributed by atoms with Crippen LogP contribution in [0, 0.1) is 12.8 Å². The van der Waals surface area contributed by atoms with Crippen LogP contribution in [0.3, 0.4) is 0 Å². The van der Waals surface area contributed by atoms with E-state index in [2.05, 4.69) is 36.2 Å². The first kappa shape index (κ1) is 15.6. The Labute approximate surface area is 140 Å². The van der Waals surface area contributed by atoms with E-state index in [-0.39, 0.29) is 23.4 Å². The highest BCUT2D eigenvalue weighted by Crippen LogP contribution is 2.35. The Hall–Kier alpha value is -1.32. The predicted octanol–water partition coefficient (Wildman–Crippen LogP) is 4.63. The largest absolute Gasteiger partial charge is 0.475 e. The minimum Gasteiger partial charge on any atom is -0.475 e. The summed E-state index contributed by atoms with van der Waals surface area (Å²) in [5.41, 5.74) is 2.39. The van der Waals surface area contributed by atoms with E-state index in [0.29, 0.717) is 17.4 Å². The zero-order valence-electron chi connectivity index (χ0n) is 12.5. The van der Waals surface area contributed by atoms with Crippen molar-refractivity contribution in [3.8, 4) is 0 Å². The molecule has 1 aromatic rings. The zero-order valence-corrected chi connectivity index (χ0v) is 14.1. The second kappa shape index (κ2) is 6.43. The fourth-order valence-electron chi connectivity index (χ4n) is 2.72. The molecule has 4 atom stereocenters. The molecule has 0 aliphatic carbocycles. The molecule has 3 unspecified atom stereocenters. The van der Waals surface area contributed by atoms with Crippen LogP contribution in [0.4, 0.5) is 0 Å². The molecule has 116 valence electrons. The summed E-state index contributed by atoms with van der Waals surface area (Å²) in [6.45, 7) is 4.10. The van der Waals surface area contributed by atoms with Crippen molar-refractivity contribution in [3.63, 3.8) is 0 Å². The van der Waals surface area contributed by atoms with E-state index in [1.165, 1.54) is 5.56 Å². The molecule has 0 bridgehead atoms. The summed E-state index contributed by atoms with van der Waals surface area (Å²) in [7, 11) is 0. The van der Waals surface area contributed by atoms with E-state index in [1.54, 1.807) is 12.4 Å². The van der Waals surface area contributed by atoms with Crippen molar-refractivity contribution in [1.29, 1.82) is 0 Å². The second-order valence-corrected chi connectivity index (χ2v) is 6.76. The van der Waals surface area contributed by atoms with Crippen LogP contribution in [-0.2, 0) is 4.74 Å². The zero-order chi connectivity index (χ0) is 15.7. The van der Waals surface area contributed by atoms with Gasteiger partial charge in [0.1, 0.15) is 12.1 Å². The molecule has 2 heterocycles. The van der Waals surface area contributed by atoms with E-state index in [4.69, 9.17) is 32.9 Å². The molecule has 1 aromatic carbocycles. The van der Waals surface area contributed by atoms with Crippen molar-refractivity contribution in [1.82, 2.24) is 0 Å². The minimum absolute atomic E-state index is 0.00184. The van der Waals surface area contributed by atoms with Gasteiger partial charge in [-0.05, 0) is 25.8 Å². The van der Waals surface area contributed by atoms with E-state index < -0.39 is 0 Å². The van der Waals surface area contributed by atoms with Crippen LogP contribution in [0.25, 0.3) is 0 Å². The summed E-state index contributed by atoms with van der Waals surface area (Å²) in [6.07, 6.45) is 3.96. The maximum Gasteiger partial charge on any atom is 0.193 e. The van der Waals surface area contributed by atoms with Gasteiger partial charge >= 0.3 is 0 Å². The molecule has 0 radical (unpaired) electrons. The number of hydrogen-bond donors (Lipinski definition) is 0. The van der Waals surface area contributed by atoms with Crippen molar-refractivity contribution in [3.05, 3.63) is 46.6 Å². The molecule has 3 nitrogen and oxygen atoms in total. The van der Waals surface area contributed by atoms with Crippen LogP contribution in [0.1, 0.15) is 30.5 Å². The molecule has 0 amide bonds. The van der Waals surface area contributed by atoms with Gasteiger partial charge in [-0.3, -0.25) is 4.99 Å². The number of ether oxygens (including phenoxy) is 1. The smallest absolute Gasteiger partial charge is 0.193 e. The molecule has 22 heavy (non-hydrogen) atoms. The highest BCUT2D eigenvalue weighted by atomic mass is 35.5. The third-order valence-electron chi connectivity index (χ3n) is 3.97. The molecule has 0 aromatic heterocycles. The lowest BCUT2D eigenvalue weighted by atomic mass is 10.0. The molecule has 5 heteroatoms. The molecule has 0 saturated heterocycles. The van der Waals surface area contributed by atoms with E-state index >= 15 is 0 Å². The summed E-state index contributed by atoms with van der Waals surface area (Å²) in [5.74, 6) is 0.542. The highest BCUT2D eigenvalue weighted by Gasteiger charge is 2.35. The maximum atomic E-state index is 6.32. The molecule has 0 fully saturated rings. The topological polar surface area (TPSA) is 34.0 Å². The number of halogens is 2. The fourth-order valence-corrected chi connectivity index (χ4v) is 3.21. The quantitative estimate of drug-likeness (QED) is 0.725. The number of aryl methyl sites for hydroxylation is 1. The lowest BCUT2D eigenvalue weighted by molar-refractivity contribution is 0.203. The van der Waals surface area contributed by atoms with Gasteiger partial charge in [-0.2, -0.15) is 0 Å². The molecule has 2 aliphatic rings.